The maximum atomic E-state index is 11.8. The minimum Gasteiger partial charge on any atom is -0.477 e. The number of nitro benzene ring substituents is 1. The SMILES string of the molecule is CCCNC(=O)[C@@H](C)NC(=O)COc1ccc(C(=O)OC)cc1[N+](=O)[O-]. The quantitative estimate of drug-likeness (QED) is 0.374. The van der Waals surface area contributed by atoms with E-state index in [-0.39, 0.29) is 17.2 Å². The van der Waals surface area contributed by atoms with Crippen molar-refractivity contribution in [3.63, 3.8) is 0 Å². The molecular weight excluding hydrogens is 346 g/mol. The third-order valence-corrected chi connectivity index (χ3v) is 3.26. The first-order chi connectivity index (χ1) is 12.3. The molecule has 0 unspecified atom stereocenters. The van der Waals surface area contributed by atoms with E-state index in [2.05, 4.69) is 15.4 Å². The van der Waals surface area contributed by atoms with Crippen LogP contribution in [0.1, 0.15) is 30.6 Å². The largest absolute Gasteiger partial charge is 0.477 e. The summed E-state index contributed by atoms with van der Waals surface area (Å²) in [5.74, 6) is -1.87. The van der Waals surface area contributed by atoms with Gasteiger partial charge in [0.25, 0.3) is 5.91 Å². The number of esters is 1. The number of ether oxygens (including phenoxy) is 2. The first kappa shape index (κ1) is 20.9. The van der Waals surface area contributed by atoms with Gasteiger partial charge in [-0.15, -0.1) is 0 Å². The summed E-state index contributed by atoms with van der Waals surface area (Å²) in [4.78, 5) is 45.4. The first-order valence-corrected chi connectivity index (χ1v) is 7.86. The number of methoxy groups -OCH3 is 1. The van der Waals surface area contributed by atoms with Gasteiger partial charge in [0.15, 0.2) is 12.4 Å². The van der Waals surface area contributed by atoms with Crippen molar-refractivity contribution in [2.75, 3.05) is 20.3 Å². The number of carbonyl (C=O) groups excluding carboxylic acids is 3. The zero-order valence-corrected chi connectivity index (χ0v) is 14.7. The molecule has 1 aromatic carbocycles. The summed E-state index contributed by atoms with van der Waals surface area (Å²) in [6, 6.07) is 2.72. The van der Waals surface area contributed by atoms with E-state index in [1.165, 1.54) is 19.1 Å². The molecule has 1 rings (SSSR count). The lowest BCUT2D eigenvalue weighted by molar-refractivity contribution is -0.385. The standard InChI is InChI=1S/C16H21N3O7/c1-4-7-17-15(21)10(2)18-14(20)9-26-13-6-5-11(16(22)25-3)8-12(13)19(23)24/h5-6,8,10H,4,7,9H2,1-3H3,(H,17,21)(H,18,20)/t10-/m1/s1. The topological polar surface area (TPSA) is 137 Å². The van der Waals surface area contributed by atoms with Gasteiger partial charge < -0.3 is 20.1 Å². The van der Waals surface area contributed by atoms with Crippen LogP contribution in [0.25, 0.3) is 0 Å². The summed E-state index contributed by atoms with van der Waals surface area (Å²) in [5.41, 5.74) is -0.494. The highest BCUT2D eigenvalue weighted by Gasteiger charge is 2.21. The Morgan fingerprint density at radius 3 is 2.58 bits per heavy atom. The molecule has 10 nitrogen and oxygen atoms in total. The molecule has 2 N–H and O–H groups in total. The molecule has 2 amide bonds. The molecule has 0 heterocycles. The van der Waals surface area contributed by atoms with Crippen molar-refractivity contribution in [3.05, 3.63) is 33.9 Å². The van der Waals surface area contributed by atoms with Crippen LogP contribution >= 0.6 is 0 Å². The number of rotatable bonds is 9. The second kappa shape index (κ2) is 9.97. The van der Waals surface area contributed by atoms with Gasteiger partial charge in [0, 0.05) is 12.6 Å². The molecule has 0 fully saturated rings. The van der Waals surface area contributed by atoms with Crippen LogP contribution in [0, 0.1) is 10.1 Å². The molecule has 0 aliphatic carbocycles. The van der Waals surface area contributed by atoms with Gasteiger partial charge >= 0.3 is 11.7 Å². The molecule has 0 saturated heterocycles. The molecule has 0 spiro atoms. The molecule has 26 heavy (non-hydrogen) atoms. The van der Waals surface area contributed by atoms with Crippen molar-refractivity contribution >= 4 is 23.5 Å². The molecule has 0 saturated carbocycles. The summed E-state index contributed by atoms with van der Waals surface area (Å²) in [6.45, 7) is 3.38. The summed E-state index contributed by atoms with van der Waals surface area (Å²) >= 11 is 0. The zero-order valence-electron chi connectivity index (χ0n) is 14.7. The third-order valence-electron chi connectivity index (χ3n) is 3.26. The number of hydrogen-bond donors (Lipinski definition) is 2. The molecule has 0 bridgehead atoms. The Balaban J connectivity index is 2.71. The highest BCUT2D eigenvalue weighted by Crippen LogP contribution is 2.28. The molecule has 1 aromatic rings. The molecular formula is C16H21N3O7. The third kappa shape index (κ3) is 6.04. The van der Waals surface area contributed by atoms with E-state index in [1.54, 1.807) is 0 Å². The van der Waals surface area contributed by atoms with E-state index < -0.39 is 35.1 Å². The monoisotopic (exact) mass is 367 g/mol. The van der Waals surface area contributed by atoms with Crippen LogP contribution in [-0.4, -0.2) is 49.0 Å². The molecule has 10 heteroatoms. The van der Waals surface area contributed by atoms with Crippen molar-refractivity contribution in [1.29, 1.82) is 0 Å². The van der Waals surface area contributed by atoms with Gasteiger partial charge in [0.1, 0.15) is 6.04 Å². The van der Waals surface area contributed by atoms with Crippen molar-refractivity contribution in [2.24, 2.45) is 0 Å². The smallest absolute Gasteiger partial charge is 0.338 e. The minimum atomic E-state index is -0.769. The lowest BCUT2D eigenvalue weighted by atomic mass is 10.2. The van der Waals surface area contributed by atoms with Crippen LogP contribution in [0.5, 0.6) is 5.75 Å². The van der Waals surface area contributed by atoms with E-state index in [0.29, 0.717) is 6.54 Å². The van der Waals surface area contributed by atoms with Crippen molar-refractivity contribution in [1.82, 2.24) is 10.6 Å². The van der Waals surface area contributed by atoms with Crippen molar-refractivity contribution < 1.29 is 28.8 Å². The summed E-state index contributed by atoms with van der Waals surface area (Å²) < 4.78 is 9.65. The van der Waals surface area contributed by atoms with Crippen LogP contribution in [0.15, 0.2) is 18.2 Å². The van der Waals surface area contributed by atoms with E-state index in [1.807, 2.05) is 6.92 Å². The van der Waals surface area contributed by atoms with Gasteiger partial charge in [0.05, 0.1) is 17.6 Å². The lowest BCUT2D eigenvalue weighted by Gasteiger charge is -2.14. The fourth-order valence-electron chi connectivity index (χ4n) is 1.92. The second-order valence-corrected chi connectivity index (χ2v) is 5.30. The second-order valence-electron chi connectivity index (χ2n) is 5.30. The minimum absolute atomic E-state index is 0.0165. The van der Waals surface area contributed by atoms with Crippen LogP contribution in [0.3, 0.4) is 0 Å². The maximum Gasteiger partial charge on any atom is 0.338 e. The Morgan fingerprint density at radius 2 is 2.00 bits per heavy atom. The van der Waals surface area contributed by atoms with E-state index in [9.17, 15) is 24.5 Å². The number of hydrogen-bond acceptors (Lipinski definition) is 7. The molecule has 1 atom stereocenters. The van der Waals surface area contributed by atoms with Gasteiger partial charge in [-0.25, -0.2) is 4.79 Å². The van der Waals surface area contributed by atoms with Gasteiger partial charge in [-0.1, -0.05) is 6.92 Å². The average Bonchev–Trinajstić information content (AvgIpc) is 2.63. The van der Waals surface area contributed by atoms with Crippen molar-refractivity contribution in [2.45, 2.75) is 26.3 Å². The van der Waals surface area contributed by atoms with Gasteiger partial charge in [-0.2, -0.15) is 0 Å². The summed E-state index contributed by atoms with van der Waals surface area (Å²) in [5, 5.41) is 16.2. The summed E-state index contributed by atoms with van der Waals surface area (Å²) in [7, 11) is 1.15. The predicted molar refractivity (Wildman–Crippen MR) is 90.8 cm³/mol. The number of carbonyl (C=O) groups is 3. The fraction of sp³-hybridized carbons (Fsp3) is 0.438. The van der Waals surface area contributed by atoms with E-state index in [4.69, 9.17) is 4.74 Å². The van der Waals surface area contributed by atoms with Crippen molar-refractivity contribution in [3.8, 4) is 5.75 Å². The summed E-state index contributed by atoms with van der Waals surface area (Å²) in [6.07, 6.45) is 0.765. The first-order valence-electron chi connectivity index (χ1n) is 7.86. The Labute approximate surface area is 150 Å². The number of nitro groups is 1. The maximum absolute atomic E-state index is 11.8. The van der Waals surface area contributed by atoms with Crippen LogP contribution in [-0.2, 0) is 14.3 Å². The van der Waals surface area contributed by atoms with Gasteiger partial charge in [-0.05, 0) is 25.5 Å². The average molecular weight is 367 g/mol. The molecule has 0 aliphatic rings. The highest BCUT2D eigenvalue weighted by atomic mass is 16.6. The number of amides is 2. The molecule has 142 valence electrons. The van der Waals surface area contributed by atoms with Gasteiger partial charge in [-0.3, -0.25) is 19.7 Å². The number of nitrogens with zero attached hydrogens (tertiary/aromatic N) is 1. The number of benzene rings is 1. The Morgan fingerprint density at radius 1 is 1.31 bits per heavy atom. The predicted octanol–water partition coefficient (Wildman–Crippen LogP) is 0.791. The van der Waals surface area contributed by atoms with Crippen LogP contribution in [0.4, 0.5) is 5.69 Å². The van der Waals surface area contributed by atoms with E-state index >= 15 is 0 Å². The number of nitrogens with one attached hydrogen (secondary N) is 2. The van der Waals surface area contributed by atoms with Gasteiger partial charge in [0.2, 0.25) is 5.91 Å². The molecule has 0 aromatic heterocycles. The highest BCUT2D eigenvalue weighted by molar-refractivity contribution is 5.90. The zero-order chi connectivity index (χ0) is 19.7. The van der Waals surface area contributed by atoms with E-state index in [0.717, 1.165) is 19.6 Å². The Kier molecular flexibility index (Phi) is 8.00. The van der Waals surface area contributed by atoms with Crippen LogP contribution in [0.2, 0.25) is 0 Å². The van der Waals surface area contributed by atoms with Crippen LogP contribution < -0.4 is 15.4 Å². The normalized spacial score (nSPS) is 11.2. The molecule has 0 radical (unpaired) electrons. The Hall–Kier alpha value is -3.17. The lowest BCUT2D eigenvalue weighted by Crippen LogP contribution is -2.46. The fourth-order valence-corrected chi connectivity index (χ4v) is 1.92. The Bertz CT molecular complexity index is 690. The molecule has 0 aliphatic heterocycles.